The molecule has 4 rings (SSSR count). The smallest absolute Gasteiger partial charge is 0.255 e. The van der Waals surface area contributed by atoms with Crippen LogP contribution in [0.3, 0.4) is 0 Å². The number of carbonyl (C=O) groups is 1. The van der Waals surface area contributed by atoms with Gasteiger partial charge in [0.05, 0.1) is 36.3 Å². The number of ether oxygens (including phenoxy) is 2. The van der Waals surface area contributed by atoms with Crippen molar-refractivity contribution in [2.24, 2.45) is 0 Å². The Bertz CT molecular complexity index is 1260. The van der Waals surface area contributed by atoms with Gasteiger partial charge in [-0.25, -0.2) is 16.8 Å². The molecular formula is C21H24ClN3O7S2. The van der Waals surface area contributed by atoms with Crippen LogP contribution in [-0.4, -0.2) is 84.0 Å². The van der Waals surface area contributed by atoms with Gasteiger partial charge >= 0.3 is 0 Å². The highest BCUT2D eigenvalue weighted by Gasteiger charge is 2.29. The number of carbonyl (C=O) groups excluding carboxylic acids is 1. The average Bonchev–Trinajstić information content (AvgIpc) is 2.85. The molecule has 1 N–H and O–H groups in total. The van der Waals surface area contributed by atoms with Gasteiger partial charge in [-0.15, -0.1) is 0 Å². The molecule has 2 heterocycles. The van der Waals surface area contributed by atoms with Gasteiger partial charge in [-0.2, -0.15) is 8.61 Å². The number of halogens is 1. The van der Waals surface area contributed by atoms with Crippen molar-refractivity contribution in [1.29, 1.82) is 0 Å². The molecular weight excluding hydrogens is 506 g/mol. The fourth-order valence-corrected chi connectivity index (χ4v) is 6.93. The Morgan fingerprint density at radius 1 is 0.794 bits per heavy atom. The first kappa shape index (κ1) is 25.0. The average molecular weight is 530 g/mol. The normalized spacial score (nSPS) is 18.5. The molecule has 184 valence electrons. The monoisotopic (exact) mass is 529 g/mol. The van der Waals surface area contributed by atoms with Gasteiger partial charge in [0.25, 0.3) is 5.91 Å². The standard InChI is InChI=1S/C21H24ClN3O7S2/c22-19-6-1-16(15-20(19)34(29,30)25-9-13-32-14-10-25)21(26)23-17-2-4-18(5-3-17)33(27,28)24-7-11-31-12-8-24/h1-6,15H,7-14H2,(H,23,26). The number of rotatable bonds is 6. The van der Waals surface area contributed by atoms with E-state index in [9.17, 15) is 21.6 Å². The van der Waals surface area contributed by atoms with Gasteiger partial charge < -0.3 is 14.8 Å². The third kappa shape index (κ3) is 5.28. The predicted octanol–water partition coefficient (Wildman–Crippen LogP) is 1.63. The van der Waals surface area contributed by atoms with Crippen LogP contribution in [0.15, 0.2) is 52.3 Å². The Balaban J connectivity index is 1.50. The number of sulfonamides is 2. The summed E-state index contributed by atoms with van der Waals surface area (Å²) in [6.45, 7) is 2.24. The van der Waals surface area contributed by atoms with E-state index in [-0.39, 0.29) is 59.8 Å². The lowest BCUT2D eigenvalue weighted by Gasteiger charge is -2.26. The van der Waals surface area contributed by atoms with E-state index in [2.05, 4.69) is 5.32 Å². The Hall–Kier alpha value is -2.06. The van der Waals surface area contributed by atoms with Crippen molar-refractivity contribution in [3.63, 3.8) is 0 Å². The van der Waals surface area contributed by atoms with Crippen molar-refractivity contribution >= 4 is 43.2 Å². The van der Waals surface area contributed by atoms with Crippen LogP contribution in [0.1, 0.15) is 10.4 Å². The molecule has 13 heteroatoms. The maximum absolute atomic E-state index is 13.0. The van der Waals surface area contributed by atoms with E-state index in [1.54, 1.807) is 0 Å². The molecule has 2 saturated heterocycles. The molecule has 1 amide bonds. The zero-order valence-corrected chi connectivity index (χ0v) is 20.5. The summed E-state index contributed by atoms with van der Waals surface area (Å²) >= 11 is 6.15. The SMILES string of the molecule is O=C(Nc1ccc(S(=O)(=O)N2CCOCC2)cc1)c1ccc(Cl)c(S(=O)(=O)N2CCOCC2)c1. The van der Waals surface area contributed by atoms with Gasteiger partial charge in [0.15, 0.2) is 0 Å². The lowest BCUT2D eigenvalue weighted by atomic mass is 10.2. The summed E-state index contributed by atoms with van der Waals surface area (Å²) in [6, 6.07) is 9.81. The van der Waals surface area contributed by atoms with Crippen LogP contribution in [0.5, 0.6) is 0 Å². The molecule has 2 aliphatic rings. The fraction of sp³-hybridized carbons (Fsp3) is 0.381. The number of nitrogens with zero attached hydrogens (tertiary/aromatic N) is 2. The van der Waals surface area contributed by atoms with Crippen molar-refractivity contribution in [3.05, 3.63) is 53.1 Å². The van der Waals surface area contributed by atoms with Crippen molar-refractivity contribution in [2.45, 2.75) is 9.79 Å². The van der Waals surface area contributed by atoms with Crippen LogP contribution in [0, 0.1) is 0 Å². The molecule has 2 fully saturated rings. The van der Waals surface area contributed by atoms with E-state index in [1.165, 1.54) is 51.1 Å². The molecule has 34 heavy (non-hydrogen) atoms. The first-order chi connectivity index (χ1) is 16.2. The molecule has 2 aromatic rings. The minimum absolute atomic E-state index is 0.0146. The molecule has 0 saturated carbocycles. The lowest BCUT2D eigenvalue weighted by molar-refractivity contribution is 0.0730. The quantitative estimate of drug-likeness (QED) is 0.603. The summed E-state index contributed by atoms with van der Waals surface area (Å²) < 4.78 is 64.5. The van der Waals surface area contributed by atoms with Gasteiger partial charge in [-0.3, -0.25) is 4.79 Å². The molecule has 0 unspecified atom stereocenters. The molecule has 0 radical (unpaired) electrons. The molecule has 2 aromatic carbocycles. The second kappa shape index (κ2) is 10.3. The molecule has 0 aromatic heterocycles. The minimum Gasteiger partial charge on any atom is -0.379 e. The van der Waals surface area contributed by atoms with Gasteiger partial charge in [0, 0.05) is 37.4 Å². The number of amides is 1. The zero-order chi connectivity index (χ0) is 24.3. The summed E-state index contributed by atoms with van der Waals surface area (Å²) in [4.78, 5) is 12.7. The topological polar surface area (TPSA) is 122 Å². The van der Waals surface area contributed by atoms with Crippen LogP contribution in [-0.2, 0) is 29.5 Å². The highest BCUT2D eigenvalue weighted by molar-refractivity contribution is 7.89. The van der Waals surface area contributed by atoms with Crippen molar-refractivity contribution < 1.29 is 31.1 Å². The van der Waals surface area contributed by atoms with E-state index in [0.717, 1.165) is 0 Å². The zero-order valence-electron chi connectivity index (χ0n) is 18.1. The van der Waals surface area contributed by atoms with Gasteiger partial charge in [0.1, 0.15) is 4.90 Å². The van der Waals surface area contributed by atoms with Crippen LogP contribution < -0.4 is 5.32 Å². The molecule has 0 aliphatic carbocycles. The molecule has 10 nitrogen and oxygen atoms in total. The molecule has 2 aliphatic heterocycles. The van der Waals surface area contributed by atoms with Crippen LogP contribution in [0.25, 0.3) is 0 Å². The maximum Gasteiger partial charge on any atom is 0.255 e. The Labute approximate surface area is 203 Å². The number of anilines is 1. The third-order valence-corrected chi connectivity index (χ3v) is 9.79. The first-order valence-corrected chi connectivity index (χ1v) is 13.8. The molecule has 0 bridgehead atoms. The second-order valence-electron chi connectivity index (χ2n) is 7.66. The minimum atomic E-state index is -3.89. The van der Waals surface area contributed by atoms with Crippen LogP contribution in [0.4, 0.5) is 5.69 Å². The predicted molar refractivity (Wildman–Crippen MR) is 125 cm³/mol. The highest BCUT2D eigenvalue weighted by atomic mass is 35.5. The van der Waals surface area contributed by atoms with Crippen molar-refractivity contribution in [2.75, 3.05) is 57.9 Å². The van der Waals surface area contributed by atoms with Gasteiger partial charge in [-0.1, -0.05) is 11.6 Å². The second-order valence-corrected chi connectivity index (χ2v) is 11.9. The number of hydrogen-bond donors (Lipinski definition) is 1. The Morgan fingerprint density at radius 3 is 1.88 bits per heavy atom. The van der Waals surface area contributed by atoms with Crippen molar-refractivity contribution in [3.8, 4) is 0 Å². The number of morpholine rings is 2. The van der Waals surface area contributed by atoms with E-state index in [1.807, 2.05) is 0 Å². The van der Waals surface area contributed by atoms with E-state index in [4.69, 9.17) is 21.1 Å². The summed E-state index contributed by atoms with van der Waals surface area (Å²) in [5.74, 6) is -0.557. The first-order valence-electron chi connectivity index (χ1n) is 10.6. The van der Waals surface area contributed by atoms with Crippen LogP contribution in [0.2, 0.25) is 5.02 Å². The highest BCUT2D eigenvalue weighted by Crippen LogP contribution is 2.27. The third-order valence-electron chi connectivity index (χ3n) is 5.50. The Morgan fingerprint density at radius 2 is 1.32 bits per heavy atom. The van der Waals surface area contributed by atoms with Gasteiger partial charge in [0.2, 0.25) is 20.0 Å². The van der Waals surface area contributed by atoms with Gasteiger partial charge in [-0.05, 0) is 42.5 Å². The maximum atomic E-state index is 13.0. The number of benzene rings is 2. The number of hydrogen-bond acceptors (Lipinski definition) is 7. The lowest BCUT2D eigenvalue weighted by Crippen LogP contribution is -2.40. The summed E-state index contributed by atoms with van der Waals surface area (Å²) in [6.07, 6.45) is 0. The van der Waals surface area contributed by atoms with E-state index in [0.29, 0.717) is 18.9 Å². The van der Waals surface area contributed by atoms with Crippen molar-refractivity contribution in [1.82, 2.24) is 8.61 Å². The Kier molecular flexibility index (Phi) is 7.57. The summed E-state index contributed by atoms with van der Waals surface area (Å²) in [7, 11) is -7.54. The van der Waals surface area contributed by atoms with Crippen LogP contribution >= 0.6 is 11.6 Å². The molecule has 0 atom stereocenters. The van der Waals surface area contributed by atoms with E-state index < -0.39 is 26.0 Å². The number of nitrogens with one attached hydrogen (secondary N) is 1. The molecule has 0 spiro atoms. The largest absolute Gasteiger partial charge is 0.379 e. The summed E-state index contributed by atoms with van der Waals surface area (Å²) in [5.41, 5.74) is 0.458. The fourth-order valence-electron chi connectivity index (χ4n) is 3.62. The van der Waals surface area contributed by atoms with E-state index >= 15 is 0 Å². The summed E-state index contributed by atoms with van der Waals surface area (Å²) in [5, 5.41) is 2.67.